The predicted molar refractivity (Wildman–Crippen MR) is 242 cm³/mol. The topological polar surface area (TPSA) is 29.3 Å². The molecule has 0 saturated heterocycles. The lowest BCUT2D eigenvalue weighted by Crippen LogP contribution is -2.10. The molecule has 0 aliphatic heterocycles. The minimum absolute atomic E-state index is 0.634. The van der Waals surface area contributed by atoms with Crippen molar-refractivity contribution in [2.45, 2.75) is 0 Å². The van der Waals surface area contributed by atoms with E-state index in [1.54, 1.807) is 0 Å². The van der Waals surface area contributed by atoms with E-state index in [0.29, 0.717) is 5.89 Å². The Bertz CT molecular complexity index is 3530. The van der Waals surface area contributed by atoms with Crippen LogP contribution in [0.15, 0.2) is 199 Å². The van der Waals surface area contributed by atoms with Gasteiger partial charge in [0.15, 0.2) is 5.58 Å². The van der Waals surface area contributed by atoms with Gasteiger partial charge >= 0.3 is 0 Å². The molecule has 0 atom stereocenters. The maximum Gasteiger partial charge on any atom is 0.227 e. The molecule has 2 heterocycles. The van der Waals surface area contributed by atoms with Crippen LogP contribution in [0.3, 0.4) is 0 Å². The van der Waals surface area contributed by atoms with Gasteiger partial charge in [-0.2, -0.15) is 0 Å². The van der Waals surface area contributed by atoms with Gasteiger partial charge in [0.05, 0.1) is 5.69 Å². The Kier molecular flexibility index (Phi) is 7.10. The molecule has 266 valence electrons. The average Bonchev–Trinajstić information content (AvgIpc) is 3.89. The van der Waals surface area contributed by atoms with E-state index in [4.69, 9.17) is 9.40 Å². The highest BCUT2D eigenvalue weighted by molar-refractivity contribution is 7.25. The highest BCUT2D eigenvalue weighted by Gasteiger charge is 2.20. The maximum atomic E-state index is 6.83. The molecule has 0 bridgehead atoms. The van der Waals surface area contributed by atoms with E-state index in [-0.39, 0.29) is 0 Å². The zero-order valence-corrected chi connectivity index (χ0v) is 31.5. The molecule has 0 spiro atoms. The standard InChI is InChI=1S/C53H32N2OS/c1-2-11-40(12-3-1)55(41-26-21-34(22-27-41)38-20-17-33-9-4-5-10-37(33)31-38)47-15-8-14-44-42(47)28-23-35-18-19-36-24-29-46-52(51(36)50(35)44)56-53(54-46)39-25-30-49-45(32-39)43-13-6-7-16-48(43)57-49/h1-32H. The molecule has 10 aromatic carbocycles. The summed E-state index contributed by atoms with van der Waals surface area (Å²) in [5.74, 6) is 0.634. The van der Waals surface area contributed by atoms with Crippen LogP contribution in [0.2, 0.25) is 0 Å². The summed E-state index contributed by atoms with van der Waals surface area (Å²) in [5.41, 5.74) is 8.33. The second kappa shape index (κ2) is 12.6. The Morgan fingerprint density at radius 3 is 1.96 bits per heavy atom. The molecule has 2 aromatic heterocycles. The highest BCUT2D eigenvalue weighted by Crippen LogP contribution is 2.44. The van der Waals surface area contributed by atoms with Crippen LogP contribution in [0.4, 0.5) is 17.1 Å². The second-order valence-electron chi connectivity index (χ2n) is 14.7. The molecule has 4 heteroatoms. The van der Waals surface area contributed by atoms with Gasteiger partial charge in [-0.25, -0.2) is 4.98 Å². The third kappa shape index (κ3) is 5.15. The Hall–Kier alpha value is -7.27. The third-order valence-electron chi connectivity index (χ3n) is 11.4. The molecule has 0 amide bonds. The van der Waals surface area contributed by atoms with E-state index >= 15 is 0 Å². The quantitative estimate of drug-likeness (QED) is 0.164. The van der Waals surface area contributed by atoms with Crippen molar-refractivity contribution in [1.82, 2.24) is 4.98 Å². The highest BCUT2D eigenvalue weighted by atomic mass is 32.1. The molecule has 3 nitrogen and oxygen atoms in total. The summed E-state index contributed by atoms with van der Waals surface area (Å²) in [6, 6.07) is 69.9. The van der Waals surface area contributed by atoms with Crippen molar-refractivity contribution in [2.24, 2.45) is 0 Å². The molecule has 0 fully saturated rings. The molecule has 0 radical (unpaired) electrons. The first-order chi connectivity index (χ1) is 28.2. The first-order valence-electron chi connectivity index (χ1n) is 19.3. The number of thiophene rings is 1. The minimum Gasteiger partial charge on any atom is -0.435 e. The SMILES string of the molecule is c1ccc(N(c2ccc(-c3ccc4ccccc4c3)cc2)c2cccc3c2ccc2ccc4ccc5nc(-c6ccc7sc8ccccc8c7c6)oc5c4c23)cc1. The molecule has 57 heavy (non-hydrogen) atoms. The Morgan fingerprint density at radius 1 is 0.404 bits per heavy atom. The molecule has 0 N–H and O–H groups in total. The lowest BCUT2D eigenvalue weighted by Gasteiger charge is -2.27. The molecule has 0 aliphatic rings. The van der Waals surface area contributed by atoms with Crippen molar-refractivity contribution in [3.63, 3.8) is 0 Å². The van der Waals surface area contributed by atoms with Crippen molar-refractivity contribution in [3.05, 3.63) is 194 Å². The summed E-state index contributed by atoms with van der Waals surface area (Å²) in [6.45, 7) is 0. The smallest absolute Gasteiger partial charge is 0.227 e. The number of rotatable bonds is 5. The fourth-order valence-corrected chi connectivity index (χ4v) is 9.80. The fraction of sp³-hybridized carbons (Fsp3) is 0. The van der Waals surface area contributed by atoms with Gasteiger partial charge in [-0.3, -0.25) is 0 Å². The summed E-state index contributed by atoms with van der Waals surface area (Å²) in [7, 11) is 0. The van der Waals surface area contributed by atoms with Crippen LogP contribution >= 0.6 is 11.3 Å². The number of nitrogens with zero attached hydrogens (tertiary/aromatic N) is 2. The van der Waals surface area contributed by atoms with E-state index in [2.05, 4.69) is 199 Å². The molecule has 12 aromatic rings. The van der Waals surface area contributed by atoms with E-state index in [0.717, 1.165) is 55.3 Å². The van der Waals surface area contributed by atoms with E-state index in [1.165, 1.54) is 52.8 Å². The molecule has 0 saturated carbocycles. The lowest BCUT2D eigenvalue weighted by atomic mass is 9.94. The Labute approximate surface area is 332 Å². The van der Waals surface area contributed by atoms with Crippen molar-refractivity contribution in [2.75, 3.05) is 4.90 Å². The van der Waals surface area contributed by atoms with E-state index < -0.39 is 0 Å². The van der Waals surface area contributed by atoms with Gasteiger partial charge in [0, 0.05) is 53.3 Å². The van der Waals surface area contributed by atoms with Crippen LogP contribution in [0, 0.1) is 0 Å². The van der Waals surface area contributed by atoms with Gasteiger partial charge in [0.2, 0.25) is 5.89 Å². The van der Waals surface area contributed by atoms with Crippen molar-refractivity contribution < 1.29 is 4.42 Å². The molecule has 0 unspecified atom stereocenters. The van der Waals surface area contributed by atoms with Gasteiger partial charge in [0.1, 0.15) is 5.52 Å². The zero-order chi connectivity index (χ0) is 37.5. The van der Waals surface area contributed by atoms with Gasteiger partial charge in [0.25, 0.3) is 0 Å². The van der Waals surface area contributed by atoms with Crippen molar-refractivity contribution in [3.8, 4) is 22.6 Å². The van der Waals surface area contributed by atoms with Crippen LogP contribution in [0.1, 0.15) is 0 Å². The number of hydrogen-bond donors (Lipinski definition) is 0. The van der Waals surface area contributed by atoms with Gasteiger partial charge < -0.3 is 9.32 Å². The largest absolute Gasteiger partial charge is 0.435 e. The van der Waals surface area contributed by atoms with Crippen LogP contribution in [0.5, 0.6) is 0 Å². The Morgan fingerprint density at radius 2 is 1.07 bits per heavy atom. The second-order valence-corrected chi connectivity index (χ2v) is 15.8. The zero-order valence-electron chi connectivity index (χ0n) is 30.7. The van der Waals surface area contributed by atoms with Crippen LogP contribution in [0.25, 0.3) is 96.9 Å². The van der Waals surface area contributed by atoms with Crippen molar-refractivity contribution in [1.29, 1.82) is 0 Å². The third-order valence-corrected chi connectivity index (χ3v) is 12.6. The monoisotopic (exact) mass is 744 g/mol. The first kappa shape index (κ1) is 32.0. The predicted octanol–water partition coefficient (Wildman–Crippen LogP) is 15.6. The van der Waals surface area contributed by atoms with Crippen LogP contribution < -0.4 is 4.90 Å². The number of aromatic nitrogens is 1. The van der Waals surface area contributed by atoms with Gasteiger partial charge in [-0.05, 0) is 105 Å². The first-order valence-corrected chi connectivity index (χ1v) is 20.1. The fourth-order valence-electron chi connectivity index (χ4n) is 8.71. The Balaban J connectivity index is 1.03. The summed E-state index contributed by atoms with van der Waals surface area (Å²) < 4.78 is 9.38. The summed E-state index contributed by atoms with van der Waals surface area (Å²) in [4.78, 5) is 7.46. The molecule has 12 rings (SSSR count). The van der Waals surface area contributed by atoms with Gasteiger partial charge in [-0.15, -0.1) is 11.3 Å². The summed E-state index contributed by atoms with van der Waals surface area (Å²) in [5, 5.41) is 11.8. The summed E-state index contributed by atoms with van der Waals surface area (Å²) in [6.07, 6.45) is 0. The van der Waals surface area contributed by atoms with Crippen LogP contribution in [-0.4, -0.2) is 4.98 Å². The summed E-state index contributed by atoms with van der Waals surface area (Å²) >= 11 is 1.82. The molecular weight excluding hydrogens is 713 g/mol. The number of benzene rings is 10. The maximum absolute atomic E-state index is 6.83. The van der Waals surface area contributed by atoms with Crippen LogP contribution in [-0.2, 0) is 0 Å². The number of hydrogen-bond acceptors (Lipinski definition) is 4. The van der Waals surface area contributed by atoms with E-state index in [9.17, 15) is 0 Å². The van der Waals surface area contributed by atoms with E-state index in [1.807, 2.05) is 11.3 Å². The number of anilines is 3. The minimum atomic E-state index is 0.634. The average molecular weight is 745 g/mol. The lowest BCUT2D eigenvalue weighted by molar-refractivity contribution is 0.623. The van der Waals surface area contributed by atoms with Crippen molar-refractivity contribution >= 4 is 103 Å². The normalized spacial score (nSPS) is 11.9. The van der Waals surface area contributed by atoms with Gasteiger partial charge in [-0.1, -0.05) is 127 Å². The molecule has 0 aliphatic carbocycles. The number of fused-ring (bicyclic) bond motifs is 11. The molecular formula is C53H32N2OS. The number of para-hydroxylation sites is 1. The number of oxazole rings is 1.